The molecule has 1 atom stereocenters. The highest BCUT2D eigenvalue weighted by Crippen LogP contribution is 2.46. The van der Waals surface area contributed by atoms with Crippen LogP contribution in [0.2, 0.25) is 0 Å². The van der Waals surface area contributed by atoms with Crippen LogP contribution in [0, 0.1) is 0 Å². The van der Waals surface area contributed by atoms with E-state index in [0.29, 0.717) is 50.1 Å². The van der Waals surface area contributed by atoms with Gasteiger partial charge in [-0.25, -0.2) is 18.6 Å². The van der Waals surface area contributed by atoms with E-state index in [2.05, 4.69) is 47.1 Å². The minimum atomic E-state index is -2.63. The number of alkyl halides is 2. The van der Waals surface area contributed by atoms with Gasteiger partial charge in [-0.1, -0.05) is 24.3 Å². The van der Waals surface area contributed by atoms with Crippen molar-refractivity contribution >= 4 is 17.5 Å². The molecule has 2 aromatic heterocycles. The minimum absolute atomic E-state index is 0.0231. The van der Waals surface area contributed by atoms with E-state index in [1.165, 1.54) is 43.3 Å². The molecule has 10 heteroatoms. The number of carbonyl (C=O) groups is 1. The Balaban J connectivity index is 1.17. The Morgan fingerprint density at radius 2 is 1.76 bits per heavy atom. The maximum atomic E-state index is 14.3. The number of ether oxygens (including phenoxy) is 1. The number of urea groups is 1. The van der Waals surface area contributed by atoms with Crippen molar-refractivity contribution in [2.24, 2.45) is 0 Å². The molecule has 1 aromatic carbocycles. The summed E-state index contributed by atoms with van der Waals surface area (Å²) >= 11 is 0. The molecular weight excluding hydrogens is 526 g/mol. The molecule has 1 saturated heterocycles. The van der Waals surface area contributed by atoms with Crippen LogP contribution in [0.25, 0.3) is 0 Å². The predicted octanol–water partition coefficient (Wildman–Crippen LogP) is 6.61. The van der Waals surface area contributed by atoms with Gasteiger partial charge in [0.1, 0.15) is 5.69 Å². The van der Waals surface area contributed by atoms with Crippen LogP contribution < -0.4 is 14.5 Å². The van der Waals surface area contributed by atoms with Crippen LogP contribution in [-0.2, 0) is 6.54 Å². The molecule has 41 heavy (non-hydrogen) atoms. The first-order chi connectivity index (χ1) is 19.9. The van der Waals surface area contributed by atoms with Gasteiger partial charge in [0, 0.05) is 42.7 Å². The molecule has 2 amide bonds. The van der Waals surface area contributed by atoms with Crippen LogP contribution in [0.3, 0.4) is 0 Å². The van der Waals surface area contributed by atoms with Gasteiger partial charge in [0.2, 0.25) is 5.88 Å². The Kier molecular flexibility index (Phi) is 6.59. The number of methoxy groups -OCH3 is 1. The van der Waals surface area contributed by atoms with Crippen molar-refractivity contribution in [3.05, 3.63) is 65.0 Å². The molecule has 2 aliphatic carbocycles. The molecule has 2 aliphatic heterocycles. The van der Waals surface area contributed by atoms with Gasteiger partial charge in [-0.05, 0) is 68.6 Å². The third-order valence-corrected chi connectivity index (χ3v) is 9.16. The van der Waals surface area contributed by atoms with Crippen molar-refractivity contribution < 1.29 is 18.3 Å². The van der Waals surface area contributed by atoms with Gasteiger partial charge >= 0.3 is 6.03 Å². The first-order valence-electron chi connectivity index (χ1n) is 14.8. The summed E-state index contributed by atoms with van der Waals surface area (Å²) in [5.74, 6) is 1.56. The highest BCUT2D eigenvalue weighted by molar-refractivity contribution is 5.94. The van der Waals surface area contributed by atoms with E-state index >= 15 is 0 Å². The highest BCUT2D eigenvalue weighted by Gasteiger charge is 2.44. The number of amides is 2. The fourth-order valence-electron chi connectivity index (χ4n) is 6.69. The van der Waals surface area contributed by atoms with E-state index in [1.54, 1.807) is 0 Å². The molecule has 7 rings (SSSR count). The lowest BCUT2D eigenvalue weighted by Crippen LogP contribution is -2.55. The van der Waals surface area contributed by atoms with Gasteiger partial charge < -0.3 is 14.5 Å². The SMILES string of the molecule is COc1nccc(C(F)F)c1N1CCC(N2C(=O)N(Cc3ccccc3C3CC3)c3nn(C4CC4)cc3C2C)CC1. The monoisotopic (exact) mass is 562 g/mol. The summed E-state index contributed by atoms with van der Waals surface area (Å²) < 4.78 is 35.2. The Labute approximate surface area is 238 Å². The summed E-state index contributed by atoms with van der Waals surface area (Å²) in [4.78, 5) is 24.4. The van der Waals surface area contributed by atoms with E-state index < -0.39 is 6.43 Å². The van der Waals surface area contributed by atoms with E-state index in [4.69, 9.17) is 9.84 Å². The maximum Gasteiger partial charge on any atom is 0.326 e. The van der Waals surface area contributed by atoms with Crippen LogP contribution in [0.4, 0.5) is 25.1 Å². The van der Waals surface area contributed by atoms with Gasteiger partial charge in [-0.3, -0.25) is 9.58 Å². The number of aromatic nitrogens is 3. The summed E-state index contributed by atoms with van der Waals surface area (Å²) in [5.41, 5.74) is 3.88. The van der Waals surface area contributed by atoms with Crippen molar-refractivity contribution in [2.75, 3.05) is 30.0 Å². The molecule has 0 bridgehead atoms. The largest absolute Gasteiger partial charge is 0.480 e. The Bertz CT molecular complexity index is 1440. The highest BCUT2D eigenvalue weighted by atomic mass is 19.3. The molecular formula is C31H36F2N6O2. The molecule has 8 nitrogen and oxygen atoms in total. The lowest BCUT2D eigenvalue weighted by Gasteiger charge is -2.46. The number of nitrogens with zero attached hydrogens (tertiary/aromatic N) is 6. The van der Waals surface area contributed by atoms with Crippen LogP contribution in [-0.4, -0.2) is 51.9 Å². The van der Waals surface area contributed by atoms with E-state index in [1.807, 2.05) is 14.7 Å². The normalized spacial score (nSPS) is 21.5. The number of hydrogen-bond donors (Lipinski definition) is 0. The zero-order valence-corrected chi connectivity index (χ0v) is 23.5. The van der Waals surface area contributed by atoms with Crippen LogP contribution in [0.15, 0.2) is 42.7 Å². The zero-order chi connectivity index (χ0) is 28.2. The van der Waals surface area contributed by atoms with Crippen molar-refractivity contribution in [2.45, 2.75) is 82.5 Å². The third-order valence-electron chi connectivity index (χ3n) is 9.16. The number of rotatable bonds is 8. The zero-order valence-electron chi connectivity index (χ0n) is 23.5. The number of benzene rings is 1. The summed E-state index contributed by atoms with van der Waals surface area (Å²) in [6, 6.07) is 10.1. The summed E-state index contributed by atoms with van der Waals surface area (Å²) in [5, 5.41) is 4.95. The van der Waals surface area contributed by atoms with Gasteiger partial charge in [0.25, 0.3) is 6.43 Å². The topological polar surface area (TPSA) is 66.7 Å². The Hall–Kier alpha value is -3.69. The number of anilines is 2. The van der Waals surface area contributed by atoms with Crippen LogP contribution >= 0.6 is 0 Å². The fraction of sp³-hybridized carbons (Fsp3) is 0.516. The van der Waals surface area contributed by atoms with Crippen LogP contribution in [0.5, 0.6) is 5.88 Å². The maximum absolute atomic E-state index is 14.3. The van der Waals surface area contributed by atoms with Gasteiger partial charge in [0.05, 0.1) is 25.7 Å². The molecule has 4 heterocycles. The minimum Gasteiger partial charge on any atom is -0.480 e. The second-order valence-electron chi connectivity index (χ2n) is 11.8. The number of pyridine rings is 1. The summed E-state index contributed by atoms with van der Waals surface area (Å²) in [6.07, 6.45) is 6.83. The number of carbonyl (C=O) groups excluding carboxylic acids is 1. The van der Waals surface area contributed by atoms with Gasteiger partial charge in [-0.15, -0.1) is 0 Å². The van der Waals surface area contributed by atoms with Crippen molar-refractivity contribution in [1.29, 1.82) is 0 Å². The summed E-state index contributed by atoms with van der Waals surface area (Å²) in [6.45, 7) is 3.65. The average Bonchev–Trinajstić information content (AvgIpc) is 3.93. The van der Waals surface area contributed by atoms with Crippen LogP contribution in [0.1, 0.15) is 92.1 Å². The molecule has 3 fully saturated rings. The molecule has 3 aromatic rings. The number of piperidine rings is 1. The molecule has 0 spiro atoms. The van der Waals surface area contributed by atoms with Crippen molar-refractivity contribution in [3.8, 4) is 5.88 Å². The third kappa shape index (κ3) is 4.71. The molecule has 216 valence electrons. The van der Waals surface area contributed by atoms with Crippen molar-refractivity contribution in [1.82, 2.24) is 19.7 Å². The Morgan fingerprint density at radius 3 is 2.44 bits per heavy atom. The van der Waals surface area contributed by atoms with Crippen molar-refractivity contribution in [3.63, 3.8) is 0 Å². The lowest BCUT2D eigenvalue weighted by molar-refractivity contribution is 0.135. The quantitative estimate of drug-likeness (QED) is 0.309. The second-order valence-corrected chi connectivity index (χ2v) is 11.8. The first-order valence-corrected chi connectivity index (χ1v) is 14.8. The standard InChI is InChI=1S/C31H36F2N6O2/c1-19-26-18-38(22-9-10-22)35-29(26)37(17-21-5-3-4-6-24(21)20-7-8-20)31(40)39(19)23-12-15-36(16-13-23)27-25(28(32)33)11-14-34-30(27)41-2/h3-6,11,14,18-20,22-23,28H,7-10,12-13,15-17H2,1-2H3. The average molecular weight is 563 g/mol. The van der Waals surface area contributed by atoms with Gasteiger partial charge in [0.15, 0.2) is 5.82 Å². The molecule has 2 saturated carbocycles. The molecule has 1 unspecified atom stereocenters. The Morgan fingerprint density at radius 1 is 1.00 bits per heavy atom. The fourth-order valence-corrected chi connectivity index (χ4v) is 6.69. The number of hydrogen-bond acceptors (Lipinski definition) is 5. The van der Waals surface area contributed by atoms with E-state index in [-0.39, 0.29) is 29.6 Å². The smallest absolute Gasteiger partial charge is 0.326 e. The molecule has 0 radical (unpaired) electrons. The summed E-state index contributed by atoms with van der Waals surface area (Å²) in [7, 11) is 1.46. The number of halogens is 2. The van der Waals surface area contributed by atoms with Gasteiger partial charge in [-0.2, -0.15) is 5.10 Å². The predicted molar refractivity (Wildman–Crippen MR) is 152 cm³/mol. The number of fused-ring (bicyclic) bond motifs is 1. The molecule has 4 aliphatic rings. The first kappa shape index (κ1) is 26.2. The van der Waals surface area contributed by atoms with E-state index in [0.717, 1.165) is 24.2 Å². The lowest BCUT2D eigenvalue weighted by atomic mass is 9.96. The second kappa shape index (κ2) is 10.3. The molecule has 0 N–H and O–H groups in total. The van der Waals surface area contributed by atoms with E-state index in [9.17, 15) is 13.6 Å².